The first-order valence-corrected chi connectivity index (χ1v) is 9.85. The number of carbonyl (C=O) groups is 2. The number of hydrogen-bond donors (Lipinski definition) is 2. The average molecular weight is 338 g/mol. The lowest BCUT2D eigenvalue weighted by molar-refractivity contribution is -0.138. The molecule has 0 radical (unpaired) electrons. The van der Waals surface area contributed by atoms with Gasteiger partial charge in [0.05, 0.1) is 11.5 Å². The molecule has 0 aliphatic carbocycles. The number of rotatable bonds is 7. The van der Waals surface area contributed by atoms with Crippen molar-refractivity contribution in [1.82, 2.24) is 10.2 Å². The van der Waals surface area contributed by atoms with Gasteiger partial charge in [-0.15, -0.1) is 0 Å². The van der Waals surface area contributed by atoms with Crippen LogP contribution in [0.3, 0.4) is 0 Å². The molecule has 2 atom stereocenters. The smallest absolute Gasteiger partial charge is 0.323 e. The number of carboxylic acid groups (broad SMARTS) is 1. The standard InChI is InChI=1S/C12H22N2O5S2/c1-9(20-2)3-5-13-12(17)14(7-11(15)16)10-4-6-21(18,19)8-10/h9-10H,3-8H2,1-2H3,(H,13,17)(H,15,16). The largest absolute Gasteiger partial charge is 0.480 e. The molecule has 0 aromatic heterocycles. The second-order valence-corrected chi connectivity index (χ2v) is 8.65. The molecule has 1 aliphatic heterocycles. The van der Waals surface area contributed by atoms with Gasteiger partial charge in [-0.05, 0) is 19.1 Å². The molecule has 1 fully saturated rings. The normalized spacial score (nSPS) is 21.7. The zero-order valence-corrected chi connectivity index (χ0v) is 13.9. The Hall–Kier alpha value is -0.960. The van der Waals surface area contributed by atoms with Crippen LogP contribution >= 0.6 is 11.8 Å². The molecule has 1 rings (SSSR count). The van der Waals surface area contributed by atoms with Crippen LogP contribution in [0.15, 0.2) is 0 Å². The van der Waals surface area contributed by atoms with Crippen LogP contribution in [0.5, 0.6) is 0 Å². The number of aliphatic carboxylic acids is 1. The lowest BCUT2D eigenvalue weighted by Crippen LogP contribution is -2.49. The van der Waals surface area contributed by atoms with Crippen molar-refractivity contribution in [3.63, 3.8) is 0 Å². The maximum atomic E-state index is 12.1. The fourth-order valence-electron chi connectivity index (χ4n) is 2.14. The monoisotopic (exact) mass is 338 g/mol. The van der Waals surface area contributed by atoms with E-state index in [2.05, 4.69) is 5.32 Å². The van der Waals surface area contributed by atoms with E-state index < -0.39 is 34.4 Å². The molecule has 1 saturated heterocycles. The number of urea groups is 1. The molecule has 1 heterocycles. The van der Waals surface area contributed by atoms with Gasteiger partial charge in [-0.1, -0.05) is 6.92 Å². The summed E-state index contributed by atoms with van der Waals surface area (Å²) in [4.78, 5) is 24.1. The molecule has 21 heavy (non-hydrogen) atoms. The van der Waals surface area contributed by atoms with E-state index in [4.69, 9.17) is 5.11 Å². The third kappa shape index (κ3) is 6.13. The van der Waals surface area contributed by atoms with Crippen molar-refractivity contribution < 1.29 is 23.1 Å². The van der Waals surface area contributed by atoms with Crippen LogP contribution in [0, 0.1) is 0 Å². The van der Waals surface area contributed by atoms with E-state index in [1.165, 1.54) is 0 Å². The topological polar surface area (TPSA) is 104 Å². The summed E-state index contributed by atoms with van der Waals surface area (Å²) in [5, 5.41) is 12.0. The fourth-order valence-corrected chi connectivity index (χ4v) is 4.22. The maximum absolute atomic E-state index is 12.1. The van der Waals surface area contributed by atoms with Gasteiger partial charge >= 0.3 is 12.0 Å². The predicted molar refractivity (Wildman–Crippen MR) is 82.4 cm³/mol. The highest BCUT2D eigenvalue weighted by molar-refractivity contribution is 7.99. The lowest BCUT2D eigenvalue weighted by atomic mass is 10.2. The molecule has 0 aromatic rings. The minimum Gasteiger partial charge on any atom is -0.480 e. The maximum Gasteiger partial charge on any atom is 0.323 e. The van der Waals surface area contributed by atoms with Gasteiger partial charge < -0.3 is 15.3 Å². The van der Waals surface area contributed by atoms with E-state index in [0.717, 1.165) is 11.3 Å². The first-order chi connectivity index (χ1) is 9.75. The van der Waals surface area contributed by atoms with Gasteiger partial charge in [-0.3, -0.25) is 4.79 Å². The third-order valence-corrected chi connectivity index (χ3v) is 6.24. The number of amides is 2. The Kier molecular flexibility index (Phi) is 6.79. The van der Waals surface area contributed by atoms with Crippen LogP contribution in [0.2, 0.25) is 0 Å². The molecule has 0 bridgehead atoms. The van der Waals surface area contributed by atoms with Crippen molar-refractivity contribution in [3.8, 4) is 0 Å². The summed E-state index contributed by atoms with van der Waals surface area (Å²) in [5.41, 5.74) is 0. The summed E-state index contributed by atoms with van der Waals surface area (Å²) in [7, 11) is -3.17. The van der Waals surface area contributed by atoms with E-state index in [9.17, 15) is 18.0 Å². The third-order valence-electron chi connectivity index (χ3n) is 3.45. The van der Waals surface area contributed by atoms with Crippen molar-refractivity contribution >= 4 is 33.6 Å². The molecule has 0 spiro atoms. The molecule has 7 nitrogen and oxygen atoms in total. The number of nitrogens with zero attached hydrogens (tertiary/aromatic N) is 1. The zero-order chi connectivity index (χ0) is 16.0. The van der Waals surface area contributed by atoms with Gasteiger partial charge in [0, 0.05) is 17.8 Å². The number of thioether (sulfide) groups is 1. The molecule has 9 heteroatoms. The van der Waals surface area contributed by atoms with Crippen LogP contribution in [-0.4, -0.2) is 72.6 Å². The van der Waals surface area contributed by atoms with Crippen molar-refractivity contribution in [1.29, 1.82) is 0 Å². The van der Waals surface area contributed by atoms with Gasteiger partial charge in [0.25, 0.3) is 0 Å². The Bertz CT molecular complexity index is 480. The quantitative estimate of drug-likeness (QED) is 0.697. The summed E-state index contributed by atoms with van der Waals surface area (Å²) in [5.74, 6) is -1.30. The number of carbonyl (C=O) groups excluding carboxylic acids is 1. The van der Waals surface area contributed by atoms with Crippen LogP contribution in [0.4, 0.5) is 4.79 Å². The Morgan fingerprint density at radius 2 is 2.14 bits per heavy atom. The molecule has 1 aliphatic rings. The van der Waals surface area contributed by atoms with Gasteiger partial charge in [-0.25, -0.2) is 13.2 Å². The van der Waals surface area contributed by atoms with Crippen LogP contribution in [0.25, 0.3) is 0 Å². The first-order valence-electron chi connectivity index (χ1n) is 6.74. The van der Waals surface area contributed by atoms with E-state index in [-0.39, 0.29) is 11.5 Å². The van der Waals surface area contributed by atoms with E-state index in [0.29, 0.717) is 18.2 Å². The van der Waals surface area contributed by atoms with Crippen molar-refractivity contribution in [3.05, 3.63) is 0 Å². The average Bonchev–Trinajstić information content (AvgIpc) is 2.75. The van der Waals surface area contributed by atoms with Crippen molar-refractivity contribution in [2.24, 2.45) is 0 Å². The second-order valence-electron chi connectivity index (χ2n) is 5.15. The minimum atomic E-state index is -3.17. The summed E-state index contributed by atoms with van der Waals surface area (Å²) in [6.07, 6.45) is 3.05. The molecule has 0 aromatic carbocycles. The van der Waals surface area contributed by atoms with Crippen LogP contribution in [0.1, 0.15) is 19.8 Å². The fraction of sp³-hybridized carbons (Fsp3) is 0.833. The molecule has 2 amide bonds. The van der Waals surface area contributed by atoms with Crippen molar-refractivity contribution in [2.45, 2.75) is 31.1 Å². The summed E-state index contributed by atoms with van der Waals surface area (Å²) >= 11 is 1.68. The predicted octanol–water partition coefficient (Wildman–Crippen LogP) is 0.411. The summed E-state index contributed by atoms with van der Waals surface area (Å²) < 4.78 is 23.0. The second kappa shape index (κ2) is 7.88. The Morgan fingerprint density at radius 1 is 1.48 bits per heavy atom. The van der Waals surface area contributed by atoms with Gasteiger partial charge in [0.2, 0.25) is 0 Å². The van der Waals surface area contributed by atoms with E-state index in [1.54, 1.807) is 11.8 Å². The molecular weight excluding hydrogens is 316 g/mol. The highest BCUT2D eigenvalue weighted by Crippen LogP contribution is 2.18. The molecule has 0 saturated carbocycles. The van der Waals surface area contributed by atoms with Crippen LogP contribution < -0.4 is 5.32 Å². The van der Waals surface area contributed by atoms with Gasteiger partial charge in [0.1, 0.15) is 6.54 Å². The molecule has 2 unspecified atom stereocenters. The highest BCUT2D eigenvalue weighted by atomic mass is 32.2. The van der Waals surface area contributed by atoms with E-state index in [1.807, 2.05) is 13.2 Å². The summed E-state index contributed by atoms with van der Waals surface area (Å²) in [6, 6.07) is -1.06. The number of carboxylic acids is 1. The molecular formula is C12H22N2O5S2. The number of nitrogens with one attached hydrogen (secondary N) is 1. The highest BCUT2D eigenvalue weighted by Gasteiger charge is 2.35. The Labute approximate surface area is 129 Å². The minimum absolute atomic E-state index is 0.00454. The molecule has 2 N–H and O–H groups in total. The number of hydrogen-bond acceptors (Lipinski definition) is 5. The van der Waals surface area contributed by atoms with Crippen molar-refractivity contribution in [2.75, 3.05) is 30.9 Å². The Morgan fingerprint density at radius 3 is 2.62 bits per heavy atom. The Balaban J connectivity index is 2.61. The van der Waals surface area contributed by atoms with Gasteiger partial charge in [-0.2, -0.15) is 11.8 Å². The molecule has 122 valence electrons. The summed E-state index contributed by atoms with van der Waals surface area (Å²) in [6.45, 7) is 2.00. The van der Waals surface area contributed by atoms with Gasteiger partial charge in [0.15, 0.2) is 9.84 Å². The SMILES string of the molecule is CSC(C)CCNC(=O)N(CC(=O)O)C1CCS(=O)(=O)C1. The van der Waals surface area contributed by atoms with E-state index >= 15 is 0 Å². The van der Waals surface area contributed by atoms with Crippen LogP contribution in [-0.2, 0) is 14.6 Å². The number of sulfone groups is 1. The lowest BCUT2D eigenvalue weighted by Gasteiger charge is -2.26. The zero-order valence-electron chi connectivity index (χ0n) is 12.2. The first kappa shape index (κ1) is 18.1.